The SMILES string of the molecule is COC(=O)CC[NH+]1CCN(S(=O)(=O)c2ccc(OC)cc2)CC1. The monoisotopic (exact) mass is 343 g/mol. The van der Waals surface area contributed by atoms with Gasteiger partial charge in [-0.3, -0.25) is 4.79 Å². The van der Waals surface area contributed by atoms with Crippen LogP contribution in [-0.4, -0.2) is 65.6 Å². The molecule has 1 aliphatic rings. The number of piperazine rings is 1. The first-order chi connectivity index (χ1) is 11.0. The Morgan fingerprint density at radius 3 is 2.30 bits per heavy atom. The van der Waals surface area contributed by atoms with Crippen molar-refractivity contribution in [3.8, 4) is 5.75 Å². The zero-order chi connectivity index (χ0) is 16.9. The zero-order valence-corrected chi connectivity index (χ0v) is 14.3. The van der Waals surface area contributed by atoms with E-state index in [1.807, 2.05) is 0 Å². The third kappa shape index (κ3) is 4.43. The lowest BCUT2D eigenvalue weighted by molar-refractivity contribution is -0.903. The van der Waals surface area contributed by atoms with E-state index >= 15 is 0 Å². The van der Waals surface area contributed by atoms with Crippen LogP contribution in [0.3, 0.4) is 0 Å². The number of sulfonamides is 1. The number of nitrogens with zero attached hydrogens (tertiary/aromatic N) is 1. The first-order valence-corrected chi connectivity index (χ1v) is 8.96. The fraction of sp³-hybridized carbons (Fsp3) is 0.533. The number of carbonyl (C=O) groups is 1. The molecular weight excluding hydrogens is 320 g/mol. The lowest BCUT2D eigenvalue weighted by Crippen LogP contribution is -3.14. The largest absolute Gasteiger partial charge is 0.497 e. The number of benzene rings is 1. The number of nitrogens with one attached hydrogen (secondary N) is 1. The highest BCUT2D eigenvalue weighted by Gasteiger charge is 2.30. The molecule has 0 radical (unpaired) electrons. The van der Waals surface area contributed by atoms with Crippen LogP contribution < -0.4 is 9.64 Å². The van der Waals surface area contributed by atoms with E-state index < -0.39 is 10.0 Å². The van der Waals surface area contributed by atoms with Crippen molar-refractivity contribution >= 4 is 16.0 Å². The molecule has 7 nitrogen and oxygen atoms in total. The summed E-state index contributed by atoms with van der Waals surface area (Å²) >= 11 is 0. The number of hydrogen-bond acceptors (Lipinski definition) is 5. The summed E-state index contributed by atoms with van der Waals surface area (Å²) in [5.41, 5.74) is 0. The Morgan fingerprint density at radius 2 is 1.78 bits per heavy atom. The van der Waals surface area contributed by atoms with Gasteiger partial charge in [-0.25, -0.2) is 8.42 Å². The number of esters is 1. The molecule has 128 valence electrons. The van der Waals surface area contributed by atoms with Gasteiger partial charge in [0.1, 0.15) is 5.75 Å². The third-order valence-electron chi connectivity index (χ3n) is 4.04. The van der Waals surface area contributed by atoms with Crippen molar-refractivity contribution in [2.75, 3.05) is 46.9 Å². The highest BCUT2D eigenvalue weighted by Crippen LogP contribution is 2.19. The highest BCUT2D eigenvalue weighted by atomic mass is 32.2. The van der Waals surface area contributed by atoms with Gasteiger partial charge in [0.15, 0.2) is 0 Å². The van der Waals surface area contributed by atoms with Crippen LogP contribution >= 0.6 is 0 Å². The van der Waals surface area contributed by atoms with Crippen molar-refractivity contribution in [3.63, 3.8) is 0 Å². The van der Waals surface area contributed by atoms with Gasteiger partial charge in [0.2, 0.25) is 10.0 Å². The summed E-state index contributed by atoms with van der Waals surface area (Å²) in [4.78, 5) is 12.7. The Balaban J connectivity index is 1.94. The summed E-state index contributed by atoms with van der Waals surface area (Å²) in [6.45, 7) is 2.94. The molecule has 0 spiro atoms. The molecule has 1 fully saturated rings. The average Bonchev–Trinajstić information content (AvgIpc) is 2.60. The molecule has 8 heteroatoms. The van der Waals surface area contributed by atoms with Crippen molar-refractivity contribution < 1.29 is 27.6 Å². The van der Waals surface area contributed by atoms with E-state index in [1.54, 1.807) is 31.4 Å². The van der Waals surface area contributed by atoms with E-state index in [0.29, 0.717) is 44.9 Å². The smallest absolute Gasteiger partial charge is 0.311 e. The van der Waals surface area contributed by atoms with E-state index in [-0.39, 0.29) is 10.9 Å². The zero-order valence-electron chi connectivity index (χ0n) is 13.4. The summed E-state index contributed by atoms with van der Waals surface area (Å²) in [5.74, 6) is 0.395. The Bertz CT molecular complexity index is 622. The first kappa shape index (κ1) is 17.7. The average molecular weight is 343 g/mol. The standard InChI is InChI=1S/C15H22N2O5S/c1-21-13-3-5-14(6-4-13)23(19,20)17-11-9-16(10-12-17)8-7-15(18)22-2/h3-6H,7-12H2,1-2H3/p+1. The molecule has 0 amide bonds. The summed E-state index contributed by atoms with van der Waals surface area (Å²) < 4.78 is 36.4. The van der Waals surface area contributed by atoms with Crippen LogP contribution in [0.2, 0.25) is 0 Å². The van der Waals surface area contributed by atoms with Gasteiger partial charge in [-0.2, -0.15) is 4.31 Å². The van der Waals surface area contributed by atoms with Gasteiger partial charge < -0.3 is 14.4 Å². The van der Waals surface area contributed by atoms with Gasteiger partial charge in [0.05, 0.1) is 58.3 Å². The molecule has 2 rings (SSSR count). The molecule has 1 aromatic carbocycles. The Kier molecular flexibility index (Phi) is 5.97. The predicted octanol–water partition coefficient (Wildman–Crippen LogP) is -0.852. The van der Waals surface area contributed by atoms with Gasteiger partial charge in [0.25, 0.3) is 0 Å². The van der Waals surface area contributed by atoms with E-state index in [0.717, 1.165) is 0 Å². The molecule has 1 heterocycles. The minimum atomic E-state index is -3.47. The summed E-state index contributed by atoms with van der Waals surface area (Å²) in [6, 6.07) is 6.41. The lowest BCUT2D eigenvalue weighted by Gasteiger charge is -2.31. The molecule has 23 heavy (non-hydrogen) atoms. The van der Waals surface area contributed by atoms with E-state index in [9.17, 15) is 13.2 Å². The van der Waals surface area contributed by atoms with Gasteiger partial charge in [-0.1, -0.05) is 0 Å². The fourth-order valence-corrected chi connectivity index (χ4v) is 4.01. The van der Waals surface area contributed by atoms with Gasteiger partial charge in [-0.15, -0.1) is 0 Å². The number of methoxy groups -OCH3 is 2. The molecular formula is C15H23N2O5S+. The summed E-state index contributed by atoms with van der Waals surface area (Å²) in [7, 11) is -0.560. The van der Waals surface area contributed by atoms with E-state index in [2.05, 4.69) is 4.74 Å². The van der Waals surface area contributed by atoms with Crippen LogP contribution in [0.4, 0.5) is 0 Å². The molecule has 1 N–H and O–H groups in total. The maximum Gasteiger partial charge on any atom is 0.311 e. The second-order valence-corrected chi connectivity index (χ2v) is 7.34. The number of quaternary nitrogens is 1. The molecule has 0 unspecified atom stereocenters. The van der Waals surface area contributed by atoms with Crippen molar-refractivity contribution in [1.29, 1.82) is 0 Å². The molecule has 1 saturated heterocycles. The predicted molar refractivity (Wildman–Crippen MR) is 83.9 cm³/mol. The molecule has 0 atom stereocenters. The van der Waals surface area contributed by atoms with Crippen molar-refractivity contribution in [3.05, 3.63) is 24.3 Å². The minimum absolute atomic E-state index is 0.231. The van der Waals surface area contributed by atoms with Crippen LogP contribution in [0.25, 0.3) is 0 Å². The van der Waals surface area contributed by atoms with Crippen LogP contribution in [0.15, 0.2) is 29.2 Å². The lowest BCUT2D eigenvalue weighted by atomic mass is 10.3. The van der Waals surface area contributed by atoms with Crippen molar-refractivity contribution in [1.82, 2.24) is 4.31 Å². The molecule has 1 aliphatic heterocycles. The topological polar surface area (TPSA) is 77.4 Å². The summed E-state index contributed by atoms with van der Waals surface area (Å²) in [6.07, 6.45) is 0.358. The maximum atomic E-state index is 12.6. The van der Waals surface area contributed by atoms with Crippen molar-refractivity contribution in [2.45, 2.75) is 11.3 Å². The van der Waals surface area contributed by atoms with Crippen molar-refractivity contribution in [2.24, 2.45) is 0 Å². The first-order valence-electron chi connectivity index (χ1n) is 7.52. The van der Waals surface area contributed by atoms with Crippen LogP contribution in [-0.2, 0) is 19.6 Å². The number of carbonyl (C=O) groups excluding carboxylic acids is 1. The second kappa shape index (κ2) is 7.76. The highest BCUT2D eigenvalue weighted by molar-refractivity contribution is 7.89. The molecule has 0 bridgehead atoms. The van der Waals surface area contributed by atoms with Gasteiger partial charge >= 0.3 is 5.97 Å². The Labute approximate surface area is 136 Å². The van der Waals surface area contributed by atoms with E-state index in [4.69, 9.17) is 4.74 Å². The van der Waals surface area contributed by atoms with Crippen LogP contribution in [0.5, 0.6) is 5.75 Å². The molecule has 1 aromatic rings. The number of ether oxygens (including phenoxy) is 2. The van der Waals surface area contributed by atoms with Gasteiger partial charge in [0, 0.05) is 0 Å². The number of hydrogen-bond donors (Lipinski definition) is 1. The summed E-state index contributed by atoms with van der Waals surface area (Å²) in [5, 5.41) is 0. The Hall–Kier alpha value is -1.64. The third-order valence-corrected chi connectivity index (χ3v) is 5.95. The van der Waals surface area contributed by atoms with Crippen LogP contribution in [0, 0.1) is 0 Å². The number of rotatable bonds is 6. The molecule has 0 aromatic heterocycles. The minimum Gasteiger partial charge on any atom is -0.497 e. The quantitative estimate of drug-likeness (QED) is 0.681. The second-order valence-electron chi connectivity index (χ2n) is 5.41. The molecule has 0 saturated carbocycles. The maximum absolute atomic E-state index is 12.6. The fourth-order valence-electron chi connectivity index (χ4n) is 2.57. The van der Waals surface area contributed by atoms with E-state index in [1.165, 1.54) is 16.3 Å². The normalized spacial score (nSPS) is 17.0. The van der Waals surface area contributed by atoms with Gasteiger partial charge in [-0.05, 0) is 24.3 Å². The molecule has 0 aliphatic carbocycles. The Morgan fingerprint density at radius 1 is 1.17 bits per heavy atom. The van der Waals surface area contributed by atoms with Crippen LogP contribution in [0.1, 0.15) is 6.42 Å².